The van der Waals surface area contributed by atoms with Gasteiger partial charge in [0.25, 0.3) is 0 Å². The molecule has 1 fully saturated rings. The zero-order valence-corrected chi connectivity index (χ0v) is 15.4. The highest BCUT2D eigenvalue weighted by Crippen LogP contribution is 2.38. The molecule has 0 saturated heterocycles. The average molecular weight is 381 g/mol. The van der Waals surface area contributed by atoms with Gasteiger partial charge in [-0.3, -0.25) is 4.79 Å². The second-order valence-electron chi connectivity index (χ2n) is 7.69. The summed E-state index contributed by atoms with van der Waals surface area (Å²) in [7, 11) is 0. The molecule has 1 aliphatic heterocycles. The van der Waals surface area contributed by atoms with Crippen molar-refractivity contribution in [3.63, 3.8) is 0 Å². The lowest BCUT2D eigenvalue weighted by Crippen LogP contribution is -2.30. The van der Waals surface area contributed by atoms with E-state index in [1.807, 2.05) is 16.8 Å². The molecule has 1 saturated carbocycles. The highest BCUT2D eigenvalue weighted by Gasteiger charge is 2.28. The fraction of sp³-hybridized carbons (Fsp3) is 0.333. The Hall–Kier alpha value is -2.93. The number of carbonyl (C=O) groups is 1. The lowest BCUT2D eigenvalue weighted by Gasteiger charge is -2.22. The second kappa shape index (κ2) is 6.04. The van der Waals surface area contributed by atoms with E-state index in [1.54, 1.807) is 6.07 Å². The quantitative estimate of drug-likeness (QED) is 0.730. The third kappa shape index (κ3) is 2.57. The standard InChI is InChI=1S/C21H20FN3O3/c1-11-18-6-12(9-24(18)5-4-23-11)14-8-19-15(7-17(14)22)20(26)16(21(27)28)10-25(19)13-2-3-13/h6-11,13,23H,2-5H2,1H3,(H,27,28). The van der Waals surface area contributed by atoms with E-state index in [9.17, 15) is 14.7 Å². The summed E-state index contributed by atoms with van der Waals surface area (Å²) < 4.78 is 19.0. The number of pyridine rings is 1. The number of aromatic nitrogens is 2. The zero-order chi connectivity index (χ0) is 19.6. The predicted octanol–water partition coefficient (Wildman–Crippen LogP) is 3.31. The summed E-state index contributed by atoms with van der Waals surface area (Å²) in [5.74, 6) is -1.80. The average Bonchev–Trinajstić information content (AvgIpc) is 3.40. The van der Waals surface area contributed by atoms with Gasteiger partial charge in [0, 0.05) is 59.8 Å². The van der Waals surface area contributed by atoms with Crippen molar-refractivity contribution >= 4 is 16.9 Å². The van der Waals surface area contributed by atoms with Crippen LogP contribution in [0.15, 0.2) is 35.4 Å². The molecule has 1 atom stereocenters. The molecule has 6 nitrogen and oxygen atoms in total. The van der Waals surface area contributed by atoms with Gasteiger partial charge in [-0.25, -0.2) is 9.18 Å². The van der Waals surface area contributed by atoms with Crippen LogP contribution in [0.1, 0.15) is 47.9 Å². The van der Waals surface area contributed by atoms with Gasteiger partial charge in [-0.1, -0.05) is 0 Å². The van der Waals surface area contributed by atoms with E-state index in [4.69, 9.17) is 0 Å². The summed E-state index contributed by atoms with van der Waals surface area (Å²) in [5.41, 5.74) is 1.93. The SMILES string of the molecule is CC1NCCn2cc(-c3cc4c(cc3F)c(=O)c(C(=O)O)cn4C3CC3)cc21. The van der Waals surface area contributed by atoms with Crippen LogP contribution in [0.4, 0.5) is 4.39 Å². The Morgan fingerprint density at radius 1 is 1.25 bits per heavy atom. The number of benzene rings is 1. The molecule has 0 radical (unpaired) electrons. The van der Waals surface area contributed by atoms with Gasteiger partial charge < -0.3 is 19.6 Å². The molecule has 0 spiro atoms. The Balaban J connectivity index is 1.75. The van der Waals surface area contributed by atoms with Crippen LogP contribution in [-0.2, 0) is 6.54 Å². The van der Waals surface area contributed by atoms with Gasteiger partial charge in [0.15, 0.2) is 0 Å². The first kappa shape index (κ1) is 17.2. The fourth-order valence-corrected chi connectivity index (χ4v) is 4.14. The van der Waals surface area contributed by atoms with E-state index >= 15 is 4.39 Å². The monoisotopic (exact) mass is 381 g/mol. The molecule has 3 aromatic rings. The van der Waals surface area contributed by atoms with Crippen LogP contribution in [0.3, 0.4) is 0 Å². The van der Waals surface area contributed by atoms with Gasteiger partial charge in [-0.2, -0.15) is 0 Å². The second-order valence-corrected chi connectivity index (χ2v) is 7.69. The van der Waals surface area contributed by atoms with Crippen LogP contribution >= 0.6 is 0 Å². The summed E-state index contributed by atoms with van der Waals surface area (Å²) in [6, 6.07) is 5.21. The Kier molecular flexibility index (Phi) is 3.71. The number of hydrogen-bond acceptors (Lipinski definition) is 3. The molecule has 1 unspecified atom stereocenters. The van der Waals surface area contributed by atoms with E-state index in [2.05, 4.69) is 16.8 Å². The van der Waals surface area contributed by atoms with Crippen LogP contribution in [0.25, 0.3) is 22.0 Å². The maximum atomic E-state index is 15.0. The minimum Gasteiger partial charge on any atom is -0.477 e. The molecule has 0 bridgehead atoms. The lowest BCUT2D eigenvalue weighted by molar-refractivity contribution is 0.0695. The van der Waals surface area contributed by atoms with Gasteiger partial charge in [-0.05, 0) is 38.0 Å². The minimum absolute atomic E-state index is 0.118. The van der Waals surface area contributed by atoms with Crippen LogP contribution in [0, 0.1) is 5.82 Å². The highest BCUT2D eigenvalue weighted by atomic mass is 19.1. The van der Waals surface area contributed by atoms with Crippen LogP contribution in [0.5, 0.6) is 0 Å². The molecule has 2 aliphatic rings. The highest BCUT2D eigenvalue weighted by molar-refractivity contribution is 5.94. The number of carboxylic acids is 1. The van der Waals surface area contributed by atoms with Gasteiger partial charge in [-0.15, -0.1) is 0 Å². The molecular weight excluding hydrogens is 361 g/mol. The van der Waals surface area contributed by atoms with Crippen molar-refractivity contribution in [2.45, 2.75) is 38.4 Å². The molecule has 1 aliphatic carbocycles. The van der Waals surface area contributed by atoms with Gasteiger partial charge >= 0.3 is 5.97 Å². The maximum Gasteiger partial charge on any atom is 0.341 e. The summed E-state index contributed by atoms with van der Waals surface area (Å²) in [4.78, 5) is 24.1. The number of hydrogen-bond donors (Lipinski definition) is 2. The molecule has 2 aromatic heterocycles. The van der Waals surface area contributed by atoms with Crippen molar-refractivity contribution in [2.24, 2.45) is 0 Å². The van der Waals surface area contributed by atoms with Crippen molar-refractivity contribution in [2.75, 3.05) is 6.54 Å². The van der Waals surface area contributed by atoms with E-state index < -0.39 is 17.2 Å². The summed E-state index contributed by atoms with van der Waals surface area (Å²) in [5, 5.41) is 12.9. The molecule has 28 heavy (non-hydrogen) atoms. The zero-order valence-electron chi connectivity index (χ0n) is 15.4. The fourth-order valence-electron chi connectivity index (χ4n) is 4.14. The normalized spacial score (nSPS) is 19.0. The largest absolute Gasteiger partial charge is 0.477 e. The summed E-state index contributed by atoms with van der Waals surface area (Å²) in [6.45, 7) is 3.76. The van der Waals surface area contributed by atoms with Crippen molar-refractivity contribution in [3.8, 4) is 11.1 Å². The first-order valence-corrected chi connectivity index (χ1v) is 9.49. The summed E-state index contributed by atoms with van der Waals surface area (Å²) >= 11 is 0. The molecule has 5 rings (SSSR count). The van der Waals surface area contributed by atoms with Crippen LogP contribution in [-0.4, -0.2) is 26.8 Å². The topological polar surface area (TPSA) is 76.3 Å². The van der Waals surface area contributed by atoms with Crippen LogP contribution in [0.2, 0.25) is 0 Å². The first-order chi connectivity index (χ1) is 13.4. The molecule has 0 amide bonds. The van der Waals surface area contributed by atoms with Gasteiger partial charge in [0.2, 0.25) is 5.43 Å². The number of aromatic carboxylic acids is 1. The smallest absolute Gasteiger partial charge is 0.341 e. The van der Waals surface area contributed by atoms with Crippen LogP contribution < -0.4 is 10.7 Å². The van der Waals surface area contributed by atoms with Gasteiger partial charge in [0.05, 0.1) is 5.52 Å². The van der Waals surface area contributed by atoms with Crippen molar-refractivity contribution < 1.29 is 14.3 Å². The third-order valence-electron chi connectivity index (χ3n) is 5.78. The number of nitrogens with zero attached hydrogens (tertiary/aromatic N) is 2. The number of fused-ring (bicyclic) bond motifs is 2. The Labute approximate surface area is 160 Å². The lowest BCUT2D eigenvalue weighted by atomic mass is 10.0. The summed E-state index contributed by atoms with van der Waals surface area (Å²) in [6.07, 6.45) is 5.20. The molecule has 2 N–H and O–H groups in total. The Morgan fingerprint density at radius 2 is 2.04 bits per heavy atom. The number of carboxylic acid groups (broad SMARTS) is 1. The van der Waals surface area contributed by atoms with E-state index in [-0.39, 0.29) is 23.0 Å². The minimum atomic E-state index is -1.28. The van der Waals surface area contributed by atoms with Crippen molar-refractivity contribution in [1.29, 1.82) is 0 Å². The van der Waals surface area contributed by atoms with Crippen molar-refractivity contribution in [1.82, 2.24) is 14.5 Å². The molecule has 3 heterocycles. The van der Waals surface area contributed by atoms with Gasteiger partial charge in [0.1, 0.15) is 11.4 Å². The van der Waals surface area contributed by atoms with E-state index in [1.165, 1.54) is 12.3 Å². The predicted molar refractivity (Wildman–Crippen MR) is 103 cm³/mol. The third-order valence-corrected chi connectivity index (χ3v) is 5.78. The first-order valence-electron chi connectivity index (χ1n) is 9.49. The number of halogens is 1. The van der Waals surface area contributed by atoms with E-state index in [0.717, 1.165) is 37.2 Å². The number of rotatable bonds is 3. The molecule has 1 aromatic carbocycles. The van der Waals surface area contributed by atoms with Crippen molar-refractivity contribution in [3.05, 3.63) is 57.9 Å². The molecular formula is C21H20FN3O3. The maximum absolute atomic E-state index is 15.0. The number of nitrogens with one attached hydrogen (secondary N) is 1. The Bertz CT molecular complexity index is 1190. The molecule has 144 valence electrons. The Morgan fingerprint density at radius 3 is 2.71 bits per heavy atom. The van der Waals surface area contributed by atoms with E-state index in [0.29, 0.717) is 11.1 Å². The molecule has 7 heteroatoms.